The minimum atomic E-state index is -0.649. The predicted molar refractivity (Wildman–Crippen MR) is 90.7 cm³/mol. The number of pyridine rings is 1. The maximum Gasteiger partial charge on any atom is 0.272 e. The number of fused-ring (bicyclic) bond motifs is 1. The van der Waals surface area contributed by atoms with Gasteiger partial charge in [-0.25, -0.2) is 9.37 Å². The number of carbonyl (C=O) groups is 2. The molecule has 0 aliphatic carbocycles. The number of benzene rings is 1. The van der Waals surface area contributed by atoms with E-state index < -0.39 is 11.4 Å². The van der Waals surface area contributed by atoms with Gasteiger partial charge in [-0.05, 0) is 24.1 Å². The van der Waals surface area contributed by atoms with Crippen LogP contribution in [0, 0.1) is 5.82 Å². The third-order valence-corrected chi connectivity index (χ3v) is 5.01. The van der Waals surface area contributed by atoms with E-state index in [1.165, 1.54) is 12.1 Å². The van der Waals surface area contributed by atoms with Crippen molar-refractivity contribution in [3.8, 4) is 0 Å². The lowest BCUT2D eigenvalue weighted by Gasteiger charge is -2.50. The van der Waals surface area contributed by atoms with E-state index in [-0.39, 0.29) is 30.2 Å². The van der Waals surface area contributed by atoms with Gasteiger partial charge in [0.2, 0.25) is 5.91 Å². The second-order valence-electron chi connectivity index (χ2n) is 6.55. The average Bonchev–Trinajstić information content (AvgIpc) is 2.68. The lowest BCUT2D eigenvalue weighted by atomic mass is 9.77. The molecule has 3 heterocycles. The highest BCUT2D eigenvalue weighted by Gasteiger charge is 2.49. The summed E-state index contributed by atoms with van der Waals surface area (Å²) in [6, 6.07) is 12.3. The molecule has 0 unspecified atom stereocenters. The molecule has 0 radical (unpaired) electrons. The van der Waals surface area contributed by atoms with Gasteiger partial charge in [-0.1, -0.05) is 30.3 Å². The van der Waals surface area contributed by atoms with Crippen molar-refractivity contribution in [2.24, 2.45) is 0 Å². The molecule has 2 saturated heterocycles. The van der Waals surface area contributed by atoms with E-state index in [1.54, 1.807) is 4.90 Å². The minimum Gasteiger partial charge on any atom is -0.364 e. The predicted octanol–water partition coefficient (Wildman–Crippen LogP) is 1.48. The van der Waals surface area contributed by atoms with Crippen LogP contribution in [0.2, 0.25) is 0 Å². The molecule has 2 aliphatic rings. The molecule has 26 heavy (non-hydrogen) atoms. The molecule has 1 N–H and O–H groups in total. The molecule has 0 saturated carbocycles. The first kappa shape index (κ1) is 16.7. The highest BCUT2D eigenvalue weighted by atomic mass is 19.1. The van der Waals surface area contributed by atoms with Crippen molar-refractivity contribution in [2.75, 3.05) is 19.7 Å². The number of rotatable bonds is 2. The summed E-state index contributed by atoms with van der Waals surface area (Å²) in [5.41, 5.74) is 0.507. The number of hydrogen-bond acceptors (Lipinski definition) is 4. The molecule has 1 aromatic heterocycles. The van der Waals surface area contributed by atoms with E-state index in [4.69, 9.17) is 4.74 Å². The van der Waals surface area contributed by atoms with E-state index in [9.17, 15) is 14.0 Å². The number of piperidine rings is 1. The summed E-state index contributed by atoms with van der Waals surface area (Å²) in [6.45, 7) is 0.732. The molecule has 1 aromatic carbocycles. The van der Waals surface area contributed by atoms with Gasteiger partial charge in [0.25, 0.3) is 5.91 Å². The Morgan fingerprint density at radius 1 is 1.27 bits per heavy atom. The van der Waals surface area contributed by atoms with E-state index >= 15 is 0 Å². The first-order valence-corrected chi connectivity index (χ1v) is 8.47. The zero-order valence-electron chi connectivity index (χ0n) is 14.0. The summed E-state index contributed by atoms with van der Waals surface area (Å²) in [6.07, 6.45) is 1.20. The van der Waals surface area contributed by atoms with Crippen LogP contribution in [0.5, 0.6) is 0 Å². The lowest BCUT2D eigenvalue weighted by molar-refractivity contribution is -0.150. The maximum absolute atomic E-state index is 13.0. The van der Waals surface area contributed by atoms with Crippen molar-refractivity contribution in [3.63, 3.8) is 0 Å². The quantitative estimate of drug-likeness (QED) is 0.886. The summed E-state index contributed by atoms with van der Waals surface area (Å²) in [7, 11) is 0. The van der Waals surface area contributed by atoms with Crippen molar-refractivity contribution in [3.05, 3.63) is 65.7 Å². The molecule has 2 fully saturated rings. The molecular formula is C19H18FN3O3. The van der Waals surface area contributed by atoms with E-state index in [1.807, 2.05) is 30.3 Å². The molecular weight excluding hydrogens is 337 g/mol. The highest BCUT2D eigenvalue weighted by molar-refractivity contribution is 5.92. The Morgan fingerprint density at radius 2 is 2.08 bits per heavy atom. The van der Waals surface area contributed by atoms with Crippen LogP contribution in [-0.4, -0.2) is 47.5 Å². The molecule has 7 heteroatoms. The van der Waals surface area contributed by atoms with Crippen LogP contribution in [0.15, 0.2) is 48.7 Å². The van der Waals surface area contributed by atoms with E-state index in [2.05, 4.69) is 10.3 Å². The first-order chi connectivity index (χ1) is 12.6. The summed E-state index contributed by atoms with van der Waals surface area (Å²) >= 11 is 0. The number of aromatic nitrogens is 1. The molecule has 2 atom stereocenters. The topological polar surface area (TPSA) is 71.5 Å². The van der Waals surface area contributed by atoms with E-state index in [0.717, 1.165) is 11.8 Å². The molecule has 134 valence electrons. The standard InChI is InChI=1S/C19H18FN3O3/c20-14-6-7-15(21-10-14)18(25)23-9-8-19(13-4-2-1-3-5-13)16(11-23)26-12-17(24)22-19/h1-7,10,16H,8-9,11-12H2,(H,22,24)/t16-,19+/m1/s1. The molecule has 0 spiro atoms. The van der Waals surface area contributed by atoms with Crippen LogP contribution < -0.4 is 5.32 Å². The molecule has 2 amide bonds. The second kappa shape index (κ2) is 6.49. The lowest BCUT2D eigenvalue weighted by Crippen LogP contribution is -2.67. The molecule has 2 aliphatic heterocycles. The number of likely N-dealkylation sites (tertiary alicyclic amines) is 1. The van der Waals surface area contributed by atoms with Crippen LogP contribution >= 0.6 is 0 Å². The Labute approximate surface area is 150 Å². The van der Waals surface area contributed by atoms with Crippen molar-refractivity contribution >= 4 is 11.8 Å². The Kier molecular flexibility index (Phi) is 4.16. The smallest absolute Gasteiger partial charge is 0.272 e. The van der Waals surface area contributed by atoms with Crippen LogP contribution in [0.1, 0.15) is 22.5 Å². The number of halogens is 1. The molecule has 0 bridgehead atoms. The third-order valence-electron chi connectivity index (χ3n) is 5.01. The zero-order valence-corrected chi connectivity index (χ0v) is 14.0. The SMILES string of the molecule is O=C1CO[C@@H]2CN(C(=O)c3ccc(F)cn3)CC[C@@]2(c2ccccc2)N1. The van der Waals surface area contributed by atoms with Crippen LogP contribution in [0.25, 0.3) is 0 Å². The van der Waals surface area contributed by atoms with Gasteiger partial charge in [0.1, 0.15) is 24.2 Å². The summed E-state index contributed by atoms with van der Waals surface area (Å²) in [4.78, 5) is 30.2. The Hall–Kier alpha value is -2.80. The van der Waals surface area contributed by atoms with Gasteiger partial charge >= 0.3 is 0 Å². The average molecular weight is 355 g/mol. The van der Waals surface area contributed by atoms with Crippen molar-refractivity contribution < 1.29 is 18.7 Å². The third kappa shape index (κ3) is 2.84. The number of amides is 2. The van der Waals surface area contributed by atoms with Crippen molar-refractivity contribution in [2.45, 2.75) is 18.1 Å². The van der Waals surface area contributed by atoms with Crippen LogP contribution in [-0.2, 0) is 15.1 Å². The van der Waals surface area contributed by atoms with Gasteiger partial charge in [-0.15, -0.1) is 0 Å². The number of nitrogens with zero attached hydrogens (tertiary/aromatic N) is 2. The molecule has 4 rings (SSSR count). The van der Waals surface area contributed by atoms with Gasteiger partial charge in [0.05, 0.1) is 11.7 Å². The van der Waals surface area contributed by atoms with Crippen molar-refractivity contribution in [1.82, 2.24) is 15.2 Å². The molecule has 6 nitrogen and oxygen atoms in total. The Balaban J connectivity index is 1.60. The first-order valence-electron chi connectivity index (χ1n) is 8.47. The largest absolute Gasteiger partial charge is 0.364 e. The Morgan fingerprint density at radius 3 is 2.81 bits per heavy atom. The monoisotopic (exact) mass is 355 g/mol. The minimum absolute atomic E-state index is 0.0317. The fraction of sp³-hybridized carbons (Fsp3) is 0.316. The highest BCUT2D eigenvalue weighted by Crippen LogP contribution is 2.37. The van der Waals surface area contributed by atoms with Gasteiger partial charge in [-0.3, -0.25) is 9.59 Å². The fourth-order valence-electron chi connectivity index (χ4n) is 3.71. The summed E-state index contributed by atoms with van der Waals surface area (Å²) < 4.78 is 18.8. The summed E-state index contributed by atoms with van der Waals surface area (Å²) in [5, 5.41) is 3.09. The van der Waals surface area contributed by atoms with Gasteiger partial charge in [0.15, 0.2) is 0 Å². The summed E-state index contributed by atoms with van der Waals surface area (Å²) in [5.74, 6) is -0.918. The Bertz CT molecular complexity index is 828. The maximum atomic E-state index is 13.0. The van der Waals surface area contributed by atoms with Gasteiger partial charge in [-0.2, -0.15) is 0 Å². The number of carbonyl (C=O) groups excluding carboxylic acids is 2. The number of ether oxygens (including phenoxy) is 1. The van der Waals surface area contributed by atoms with Crippen LogP contribution in [0.4, 0.5) is 4.39 Å². The van der Waals surface area contributed by atoms with Gasteiger partial charge < -0.3 is 15.0 Å². The second-order valence-corrected chi connectivity index (χ2v) is 6.55. The van der Waals surface area contributed by atoms with Crippen LogP contribution in [0.3, 0.4) is 0 Å². The normalized spacial score (nSPS) is 25.3. The van der Waals surface area contributed by atoms with Gasteiger partial charge in [0, 0.05) is 13.1 Å². The molecule has 2 aromatic rings. The number of nitrogens with one attached hydrogen (secondary N) is 1. The fourth-order valence-corrected chi connectivity index (χ4v) is 3.71. The van der Waals surface area contributed by atoms with E-state index in [0.29, 0.717) is 19.5 Å². The zero-order chi connectivity index (χ0) is 18.1. The number of hydrogen-bond donors (Lipinski definition) is 1. The van der Waals surface area contributed by atoms with Crippen molar-refractivity contribution in [1.29, 1.82) is 0 Å². The number of morpholine rings is 1.